The second-order valence-electron chi connectivity index (χ2n) is 3.58. The van der Waals surface area contributed by atoms with Gasteiger partial charge < -0.3 is 0 Å². The first-order valence-electron chi connectivity index (χ1n) is 5.32. The van der Waals surface area contributed by atoms with E-state index in [0.29, 0.717) is 6.04 Å². The maximum Gasteiger partial charge on any atom is 0.224 e. The summed E-state index contributed by atoms with van der Waals surface area (Å²) >= 11 is 0. The fourth-order valence-electron chi connectivity index (χ4n) is 2.06. The van der Waals surface area contributed by atoms with Gasteiger partial charge in [0.05, 0.1) is 0 Å². The second kappa shape index (κ2) is 5.22. The van der Waals surface area contributed by atoms with E-state index in [1.807, 2.05) is 11.9 Å². The van der Waals surface area contributed by atoms with Gasteiger partial charge in [0.1, 0.15) is 0 Å². The Balaban J connectivity index is 2.56. The van der Waals surface area contributed by atoms with E-state index in [1.165, 1.54) is 19.3 Å². The van der Waals surface area contributed by atoms with Crippen LogP contribution in [-0.2, 0) is 4.79 Å². The van der Waals surface area contributed by atoms with E-state index in [4.69, 9.17) is 0 Å². The zero-order valence-corrected chi connectivity index (χ0v) is 8.70. The number of nitrogens with zero attached hydrogens (tertiary/aromatic N) is 2. The van der Waals surface area contributed by atoms with Crippen LogP contribution in [0.1, 0.15) is 39.5 Å². The summed E-state index contributed by atoms with van der Waals surface area (Å²) < 4.78 is 0. The first-order valence-corrected chi connectivity index (χ1v) is 5.32. The fourth-order valence-corrected chi connectivity index (χ4v) is 2.06. The van der Waals surface area contributed by atoms with Crippen molar-refractivity contribution in [1.29, 1.82) is 0 Å². The third-order valence-electron chi connectivity index (χ3n) is 2.84. The lowest BCUT2D eigenvalue weighted by Crippen LogP contribution is -2.50. The summed E-state index contributed by atoms with van der Waals surface area (Å²) in [6.45, 7) is 6.06. The van der Waals surface area contributed by atoms with Gasteiger partial charge in [0, 0.05) is 19.1 Å². The molecule has 3 nitrogen and oxygen atoms in total. The molecule has 1 amide bonds. The maximum absolute atomic E-state index is 10.8. The summed E-state index contributed by atoms with van der Waals surface area (Å²) in [7, 11) is 0. The first kappa shape index (κ1) is 10.5. The monoisotopic (exact) mass is 184 g/mol. The lowest BCUT2D eigenvalue weighted by molar-refractivity contribution is -0.141. The van der Waals surface area contributed by atoms with Crippen molar-refractivity contribution in [2.75, 3.05) is 13.1 Å². The Morgan fingerprint density at radius 3 is 2.77 bits per heavy atom. The predicted molar refractivity (Wildman–Crippen MR) is 53.1 cm³/mol. The smallest absolute Gasteiger partial charge is 0.224 e. The van der Waals surface area contributed by atoms with Crippen LogP contribution in [0.25, 0.3) is 0 Å². The topological polar surface area (TPSA) is 23.6 Å². The van der Waals surface area contributed by atoms with Gasteiger partial charge in [-0.1, -0.05) is 13.3 Å². The average Bonchev–Trinajstić information content (AvgIpc) is 2.20. The van der Waals surface area contributed by atoms with Crippen molar-refractivity contribution in [3.8, 4) is 0 Å². The number of carbonyl (C=O) groups is 1. The zero-order chi connectivity index (χ0) is 9.68. The Morgan fingerprint density at radius 2 is 2.23 bits per heavy atom. The molecule has 76 valence electrons. The third-order valence-corrected chi connectivity index (χ3v) is 2.84. The summed E-state index contributed by atoms with van der Waals surface area (Å²) in [5.74, 6) is 0. The van der Waals surface area contributed by atoms with Gasteiger partial charge in [0.25, 0.3) is 0 Å². The molecule has 1 unspecified atom stereocenters. The molecule has 1 aliphatic heterocycles. The van der Waals surface area contributed by atoms with Crippen LogP contribution in [0.2, 0.25) is 0 Å². The number of rotatable bonds is 4. The van der Waals surface area contributed by atoms with Crippen molar-refractivity contribution in [1.82, 2.24) is 10.0 Å². The molecule has 0 saturated carbocycles. The van der Waals surface area contributed by atoms with Gasteiger partial charge in [-0.05, 0) is 26.2 Å². The van der Waals surface area contributed by atoms with Gasteiger partial charge in [-0.3, -0.25) is 9.80 Å². The summed E-state index contributed by atoms with van der Waals surface area (Å²) in [6.07, 6.45) is 5.87. The summed E-state index contributed by atoms with van der Waals surface area (Å²) in [6, 6.07) is 0.582. The van der Waals surface area contributed by atoms with Crippen LogP contribution >= 0.6 is 0 Å². The molecule has 3 heteroatoms. The lowest BCUT2D eigenvalue weighted by Gasteiger charge is -2.40. The van der Waals surface area contributed by atoms with Crippen molar-refractivity contribution >= 4 is 6.41 Å². The van der Waals surface area contributed by atoms with Crippen LogP contribution in [0.4, 0.5) is 0 Å². The highest BCUT2D eigenvalue weighted by Gasteiger charge is 2.24. The highest BCUT2D eigenvalue weighted by Crippen LogP contribution is 2.20. The van der Waals surface area contributed by atoms with Crippen molar-refractivity contribution < 1.29 is 4.79 Å². The van der Waals surface area contributed by atoms with E-state index in [2.05, 4.69) is 11.9 Å². The molecule has 0 N–H and O–H groups in total. The lowest BCUT2D eigenvalue weighted by atomic mass is 10.0. The highest BCUT2D eigenvalue weighted by molar-refractivity contribution is 5.46. The Hall–Kier alpha value is -0.570. The number of hydrazine groups is 1. The molecule has 1 aliphatic rings. The predicted octanol–water partition coefficient (Wildman–Crippen LogP) is 1.64. The number of hydrogen-bond acceptors (Lipinski definition) is 2. The van der Waals surface area contributed by atoms with Crippen LogP contribution in [0.5, 0.6) is 0 Å². The number of carbonyl (C=O) groups excluding carboxylic acids is 1. The molecule has 0 radical (unpaired) electrons. The largest absolute Gasteiger partial charge is 0.278 e. The van der Waals surface area contributed by atoms with E-state index in [1.54, 1.807) is 0 Å². The Kier molecular flexibility index (Phi) is 4.22. The number of amides is 1. The molecule has 13 heavy (non-hydrogen) atoms. The summed E-state index contributed by atoms with van der Waals surface area (Å²) in [5.41, 5.74) is 0. The van der Waals surface area contributed by atoms with E-state index in [-0.39, 0.29) is 0 Å². The van der Waals surface area contributed by atoms with Gasteiger partial charge in [-0.2, -0.15) is 0 Å². The molecule has 1 fully saturated rings. The van der Waals surface area contributed by atoms with Crippen LogP contribution < -0.4 is 0 Å². The van der Waals surface area contributed by atoms with Gasteiger partial charge in [0.2, 0.25) is 6.41 Å². The molecular formula is C10H20N2O. The Bertz CT molecular complexity index is 161. The quantitative estimate of drug-likeness (QED) is 0.620. The standard InChI is InChI=1S/C10H20N2O/c1-3-10-7-5-6-8-12(10)11(4-2)9-13/h9-10H,3-8H2,1-2H3. The Labute approximate surface area is 80.7 Å². The molecule has 1 saturated heterocycles. The van der Waals surface area contributed by atoms with Crippen molar-refractivity contribution in [2.24, 2.45) is 0 Å². The van der Waals surface area contributed by atoms with E-state index in [0.717, 1.165) is 25.9 Å². The van der Waals surface area contributed by atoms with Crippen molar-refractivity contribution in [2.45, 2.75) is 45.6 Å². The number of hydrogen-bond donors (Lipinski definition) is 0. The minimum Gasteiger partial charge on any atom is -0.278 e. The average molecular weight is 184 g/mol. The minimum absolute atomic E-state index is 0.582. The normalized spacial score (nSPS) is 24.3. The van der Waals surface area contributed by atoms with Crippen LogP contribution in [0.15, 0.2) is 0 Å². The third kappa shape index (κ3) is 2.44. The summed E-state index contributed by atoms with van der Waals surface area (Å²) in [5, 5.41) is 4.05. The molecule has 0 bridgehead atoms. The second-order valence-corrected chi connectivity index (χ2v) is 3.58. The number of piperidine rings is 1. The van der Waals surface area contributed by atoms with Gasteiger partial charge in [-0.25, -0.2) is 5.01 Å². The molecular weight excluding hydrogens is 164 g/mol. The van der Waals surface area contributed by atoms with Gasteiger partial charge in [0.15, 0.2) is 0 Å². The van der Waals surface area contributed by atoms with Crippen molar-refractivity contribution in [3.05, 3.63) is 0 Å². The first-order chi connectivity index (χ1) is 6.33. The molecule has 0 spiro atoms. The SMILES string of the molecule is CCC1CCCCN1N(C=O)CC. The molecule has 0 aliphatic carbocycles. The van der Waals surface area contributed by atoms with Crippen LogP contribution in [0.3, 0.4) is 0 Å². The maximum atomic E-state index is 10.8. The summed E-state index contributed by atoms with van der Waals surface area (Å²) in [4.78, 5) is 10.8. The van der Waals surface area contributed by atoms with Crippen LogP contribution in [-0.4, -0.2) is 35.6 Å². The van der Waals surface area contributed by atoms with E-state index >= 15 is 0 Å². The molecule has 0 aromatic rings. The van der Waals surface area contributed by atoms with E-state index < -0.39 is 0 Å². The zero-order valence-electron chi connectivity index (χ0n) is 8.70. The van der Waals surface area contributed by atoms with Crippen molar-refractivity contribution in [3.63, 3.8) is 0 Å². The molecule has 0 aromatic heterocycles. The van der Waals surface area contributed by atoms with E-state index in [9.17, 15) is 4.79 Å². The highest BCUT2D eigenvalue weighted by atomic mass is 16.1. The van der Waals surface area contributed by atoms with Gasteiger partial charge in [-0.15, -0.1) is 0 Å². The Morgan fingerprint density at radius 1 is 1.46 bits per heavy atom. The molecule has 1 atom stereocenters. The minimum atomic E-state index is 0.582. The fraction of sp³-hybridized carbons (Fsp3) is 0.900. The van der Waals surface area contributed by atoms with Crippen LogP contribution in [0, 0.1) is 0 Å². The molecule has 1 rings (SSSR count). The molecule has 0 aromatic carbocycles. The van der Waals surface area contributed by atoms with Gasteiger partial charge >= 0.3 is 0 Å². The molecule has 1 heterocycles.